The number of rotatable bonds is 3. The van der Waals surface area contributed by atoms with Crippen molar-refractivity contribution in [3.05, 3.63) is 30.1 Å². The first-order valence-corrected chi connectivity index (χ1v) is 9.21. The van der Waals surface area contributed by atoms with Gasteiger partial charge in [0.15, 0.2) is 0 Å². The minimum atomic E-state index is -0.222. The van der Waals surface area contributed by atoms with Crippen LogP contribution < -0.4 is 4.90 Å². The maximum Gasteiger partial charge on any atom is 0.228 e. The molecule has 25 heavy (non-hydrogen) atoms. The Morgan fingerprint density at radius 1 is 1.08 bits per heavy atom. The fraction of sp³-hybridized carbons (Fsp3) is 0.579. The molecule has 1 atom stereocenters. The highest BCUT2D eigenvalue weighted by Crippen LogP contribution is 2.31. The number of likely N-dealkylation sites (tertiary alicyclic amines) is 1. The largest absolute Gasteiger partial charge is 0.366 e. The molecule has 1 aromatic rings. The maximum absolute atomic E-state index is 13.9. The van der Waals surface area contributed by atoms with Gasteiger partial charge < -0.3 is 14.7 Å². The molecule has 2 heterocycles. The molecule has 1 saturated carbocycles. The first-order chi connectivity index (χ1) is 12.1. The highest BCUT2D eigenvalue weighted by atomic mass is 19.1. The van der Waals surface area contributed by atoms with Crippen LogP contribution >= 0.6 is 0 Å². The summed E-state index contributed by atoms with van der Waals surface area (Å²) in [6.07, 6.45) is 3.69. The van der Waals surface area contributed by atoms with Crippen molar-refractivity contribution in [2.45, 2.75) is 31.7 Å². The van der Waals surface area contributed by atoms with Crippen LogP contribution in [0.4, 0.5) is 10.1 Å². The second kappa shape index (κ2) is 6.65. The third-order valence-corrected chi connectivity index (χ3v) is 5.81. The highest BCUT2D eigenvalue weighted by molar-refractivity contribution is 5.89. The van der Waals surface area contributed by atoms with Crippen molar-refractivity contribution >= 4 is 17.5 Å². The Kier molecular flexibility index (Phi) is 4.36. The van der Waals surface area contributed by atoms with Gasteiger partial charge in [-0.05, 0) is 31.4 Å². The number of hydrogen-bond donors (Lipinski definition) is 0. The highest BCUT2D eigenvalue weighted by Gasteiger charge is 2.41. The lowest BCUT2D eigenvalue weighted by atomic mass is 9.92. The van der Waals surface area contributed by atoms with E-state index in [1.165, 1.54) is 12.5 Å². The molecule has 2 aliphatic heterocycles. The molecule has 0 radical (unpaired) electrons. The van der Waals surface area contributed by atoms with Gasteiger partial charge in [0.2, 0.25) is 11.8 Å². The molecule has 6 heteroatoms. The summed E-state index contributed by atoms with van der Waals surface area (Å²) in [6, 6.07) is 7.12. The quantitative estimate of drug-likeness (QED) is 0.840. The Hall–Kier alpha value is -2.11. The zero-order valence-corrected chi connectivity index (χ0v) is 14.4. The van der Waals surface area contributed by atoms with E-state index >= 15 is 0 Å². The normalized spacial score (nSPS) is 24.6. The number of para-hydroxylation sites is 1. The van der Waals surface area contributed by atoms with Crippen LogP contribution in [-0.4, -0.2) is 60.4 Å². The van der Waals surface area contributed by atoms with E-state index in [1.807, 2.05) is 20.8 Å². The standard InChI is InChI=1S/C19H24FN3O2/c20-16-6-1-2-7-17(16)21-8-10-22(11-9-21)19(25)14-12-18(24)23(13-14)15-4-3-5-15/h1-2,6-7,14-15H,3-5,8-13H2. The molecule has 134 valence electrons. The van der Waals surface area contributed by atoms with Gasteiger partial charge in [-0.15, -0.1) is 0 Å². The van der Waals surface area contributed by atoms with E-state index in [1.54, 1.807) is 12.1 Å². The van der Waals surface area contributed by atoms with Crippen LogP contribution in [0.25, 0.3) is 0 Å². The van der Waals surface area contributed by atoms with Gasteiger partial charge in [0.25, 0.3) is 0 Å². The van der Waals surface area contributed by atoms with E-state index in [2.05, 4.69) is 0 Å². The molecule has 1 unspecified atom stereocenters. The van der Waals surface area contributed by atoms with Crippen molar-refractivity contribution < 1.29 is 14.0 Å². The van der Waals surface area contributed by atoms with Crippen molar-refractivity contribution in [3.63, 3.8) is 0 Å². The SMILES string of the molecule is O=C(C1CC(=O)N(C2CCC2)C1)N1CCN(c2ccccc2F)CC1. The summed E-state index contributed by atoms with van der Waals surface area (Å²) in [5, 5.41) is 0. The van der Waals surface area contributed by atoms with Gasteiger partial charge in [-0.25, -0.2) is 4.39 Å². The van der Waals surface area contributed by atoms with Crippen molar-refractivity contribution in [3.8, 4) is 0 Å². The van der Waals surface area contributed by atoms with E-state index in [-0.39, 0.29) is 23.5 Å². The Morgan fingerprint density at radius 2 is 1.80 bits per heavy atom. The predicted octanol–water partition coefficient (Wildman–Crippen LogP) is 1.88. The third-order valence-electron chi connectivity index (χ3n) is 5.81. The Morgan fingerprint density at radius 3 is 2.44 bits per heavy atom. The van der Waals surface area contributed by atoms with Crippen molar-refractivity contribution in [2.24, 2.45) is 5.92 Å². The predicted molar refractivity (Wildman–Crippen MR) is 92.7 cm³/mol. The van der Waals surface area contributed by atoms with Crippen LogP contribution in [0.1, 0.15) is 25.7 Å². The third kappa shape index (κ3) is 3.10. The minimum Gasteiger partial charge on any atom is -0.366 e. The zero-order chi connectivity index (χ0) is 17.4. The molecule has 0 aromatic heterocycles. The number of halogens is 1. The number of nitrogens with zero attached hydrogens (tertiary/aromatic N) is 3. The number of amides is 2. The molecular weight excluding hydrogens is 321 g/mol. The number of piperazine rings is 1. The lowest BCUT2D eigenvalue weighted by molar-refractivity contribution is -0.136. The summed E-state index contributed by atoms with van der Waals surface area (Å²) >= 11 is 0. The van der Waals surface area contributed by atoms with Gasteiger partial charge in [-0.3, -0.25) is 9.59 Å². The van der Waals surface area contributed by atoms with Crippen molar-refractivity contribution in [1.82, 2.24) is 9.80 Å². The summed E-state index contributed by atoms with van der Waals surface area (Å²) in [6.45, 7) is 3.00. The monoisotopic (exact) mass is 345 g/mol. The van der Waals surface area contributed by atoms with Crippen LogP contribution in [0.2, 0.25) is 0 Å². The second-order valence-electron chi connectivity index (χ2n) is 7.30. The molecule has 2 amide bonds. The molecule has 0 bridgehead atoms. The molecule has 1 aliphatic carbocycles. The van der Waals surface area contributed by atoms with Crippen molar-refractivity contribution in [2.75, 3.05) is 37.6 Å². The van der Waals surface area contributed by atoms with Crippen LogP contribution in [0.3, 0.4) is 0 Å². The zero-order valence-electron chi connectivity index (χ0n) is 14.4. The first-order valence-electron chi connectivity index (χ1n) is 9.21. The van der Waals surface area contributed by atoms with E-state index in [9.17, 15) is 14.0 Å². The molecule has 4 rings (SSSR count). The summed E-state index contributed by atoms with van der Waals surface area (Å²) in [5.41, 5.74) is 0.599. The van der Waals surface area contributed by atoms with E-state index in [0.29, 0.717) is 50.9 Å². The van der Waals surface area contributed by atoms with Gasteiger partial charge in [0.05, 0.1) is 11.6 Å². The van der Waals surface area contributed by atoms with Gasteiger partial charge in [0.1, 0.15) is 5.82 Å². The average Bonchev–Trinajstić information content (AvgIpc) is 2.95. The minimum absolute atomic E-state index is 0.0864. The van der Waals surface area contributed by atoms with Gasteiger partial charge in [0, 0.05) is 45.2 Å². The number of benzene rings is 1. The average molecular weight is 345 g/mol. The summed E-state index contributed by atoms with van der Waals surface area (Å²) in [7, 11) is 0. The number of carbonyl (C=O) groups excluding carboxylic acids is 2. The summed E-state index contributed by atoms with van der Waals surface area (Å²) in [5.74, 6) is -0.204. The molecular formula is C19H24FN3O2. The first kappa shape index (κ1) is 16.4. The molecule has 5 nitrogen and oxygen atoms in total. The smallest absolute Gasteiger partial charge is 0.228 e. The number of hydrogen-bond acceptors (Lipinski definition) is 3. The molecule has 1 aromatic carbocycles. The maximum atomic E-state index is 13.9. The Balaban J connectivity index is 1.34. The van der Waals surface area contributed by atoms with E-state index in [0.717, 1.165) is 12.8 Å². The van der Waals surface area contributed by atoms with Crippen LogP contribution in [-0.2, 0) is 9.59 Å². The fourth-order valence-electron chi connectivity index (χ4n) is 4.08. The van der Waals surface area contributed by atoms with E-state index in [4.69, 9.17) is 0 Å². The van der Waals surface area contributed by atoms with Crippen LogP contribution in [0.5, 0.6) is 0 Å². The van der Waals surface area contributed by atoms with Crippen LogP contribution in [0, 0.1) is 11.7 Å². The summed E-state index contributed by atoms with van der Waals surface area (Å²) < 4.78 is 13.9. The number of anilines is 1. The lowest BCUT2D eigenvalue weighted by Gasteiger charge is -2.37. The van der Waals surface area contributed by atoms with Gasteiger partial charge in [-0.2, -0.15) is 0 Å². The Labute approximate surface area is 147 Å². The topological polar surface area (TPSA) is 43.9 Å². The molecule has 2 saturated heterocycles. The summed E-state index contributed by atoms with van der Waals surface area (Å²) in [4.78, 5) is 30.7. The van der Waals surface area contributed by atoms with Crippen molar-refractivity contribution in [1.29, 1.82) is 0 Å². The van der Waals surface area contributed by atoms with E-state index < -0.39 is 0 Å². The fourth-order valence-corrected chi connectivity index (χ4v) is 4.08. The molecule has 3 aliphatic rings. The molecule has 0 spiro atoms. The second-order valence-corrected chi connectivity index (χ2v) is 7.30. The van der Waals surface area contributed by atoms with Gasteiger partial charge >= 0.3 is 0 Å². The lowest BCUT2D eigenvalue weighted by Crippen LogP contribution is -2.51. The molecule has 0 N–H and O–H groups in total. The van der Waals surface area contributed by atoms with Gasteiger partial charge in [-0.1, -0.05) is 12.1 Å². The Bertz CT molecular complexity index is 668. The molecule has 3 fully saturated rings. The number of carbonyl (C=O) groups is 2. The van der Waals surface area contributed by atoms with Crippen LogP contribution in [0.15, 0.2) is 24.3 Å².